The number of carbonyl (C=O) groups is 1. The van der Waals surface area contributed by atoms with E-state index in [-0.39, 0.29) is 23.6 Å². The van der Waals surface area contributed by atoms with Crippen LogP contribution in [0.2, 0.25) is 0 Å². The third-order valence-corrected chi connectivity index (χ3v) is 3.82. The lowest BCUT2D eigenvalue weighted by Gasteiger charge is -2.10. The predicted molar refractivity (Wildman–Crippen MR) is 92.6 cm³/mol. The number of carbonyl (C=O) groups excluding carboxylic acids is 1. The molecule has 3 rings (SSSR count). The van der Waals surface area contributed by atoms with Gasteiger partial charge in [0.1, 0.15) is 17.3 Å². The molecule has 0 spiro atoms. The summed E-state index contributed by atoms with van der Waals surface area (Å²) in [6.07, 6.45) is 0. The van der Waals surface area contributed by atoms with Gasteiger partial charge in [-0.25, -0.2) is 4.39 Å². The summed E-state index contributed by atoms with van der Waals surface area (Å²) in [6.45, 7) is 0.230. The number of methoxy groups -OCH3 is 2. The molecule has 0 saturated heterocycles. The molecule has 0 bridgehead atoms. The van der Waals surface area contributed by atoms with Gasteiger partial charge in [-0.05, 0) is 24.3 Å². The lowest BCUT2D eigenvalue weighted by molar-refractivity contribution is 0.0941. The topological polar surface area (TPSA) is 73.6 Å². The molecule has 0 unspecified atom stereocenters. The highest BCUT2D eigenvalue weighted by Crippen LogP contribution is 2.25. The van der Waals surface area contributed by atoms with Crippen LogP contribution in [0.3, 0.4) is 0 Å². The molecule has 0 aliphatic carbocycles. The van der Waals surface area contributed by atoms with Crippen LogP contribution in [0.1, 0.15) is 16.1 Å². The van der Waals surface area contributed by atoms with E-state index in [0.717, 1.165) is 5.56 Å². The van der Waals surface area contributed by atoms with E-state index in [1.54, 1.807) is 50.6 Å². The van der Waals surface area contributed by atoms with E-state index in [0.29, 0.717) is 11.5 Å². The Balaban J connectivity index is 1.71. The number of halogens is 1. The Bertz CT molecular complexity index is 923. The maximum absolute atomic E-state index is 13.8. The minimum Gasteiger partial charge on any atom is -0.497 e. The highest BCUT2D eigenvalue weighted by atomic mass is 19.1. The number of hydrogen-bond acceptors (Lipinski definition) is 5. The zero-order valence-electron chi connectivity index (χ0n) is 14.3. The lowest BCUT2D eigenvalue weighted by atomic mass is 10.1. The molecule has 0 fully saturated rings. The van der Waals surface area contributed by atoms with E-state index in [9.17, 15) is 9.18 Å². The number of nitrogens with zero attached hydrogens (tertiary/aromatic N) is 1. The summed E-state index contributed by atoms with van der Waals surface area (Å²) in [4.78, 5) is 12.3. The Morgan fingerprint density at radius 3 is 2.69 bits per heavy atom. The predicted octanol–water partition coefficient (Wildman–Crippen LogP) is 3.43. The number of ether oxygens (including phenoxy) is 2. The van der Waals surface area contributed by atoms with Gasteiger partial charge in [0, 0.05) is 24.2 Å². The molecule has 26 heavy (non-hydrogen) atoms. The van der Waals surface area contributed by atoms with E-state index in [2.05, 4.69) is 10.5 Å². The Labute approximate surface area is 149 Å². The van der Waals surface area contributed by atoms with Gasteiger partial charge in [0.2, 0.25) is 0 Å². The van der Waals surface area contributed by atoms with Crippen molar-refractivity contribution in [2.45, 2.75) is 6.54 Å². The van der Waals surface area contributed by atoms with Crippen LogP contribution >= 0.6 is 0 Å². The molecule has 1 heterocycles. The van der Waals surface area contributed by atoms with E-state index < -0.39 is 11.7 Å². The smallest absolute Gasteiger partial charge is 0.273 e. The number of hydrogen-bond donors (Lipinski definition) is 1. The fourth-order valence-electron chi connectivity index (χ4n) is 2.43. The van der Waals surface area contributed by atoms with Crippen LogP contribution in [-0.2, 0) is 6.54 Å². The van der Waals surface area contributed by atoms with Crippen molar-refractivity contribution in [3.63, 3.8) is 0 Å². The van der Waals surface area contributed by atoms with Gasteiger partial charge >= 0.3 is 0 Å². The Hall–Kier alpha value is -3.35. The second kappa shape index (κ2) is 7.69. The average Bonchev–Trinajstić information content (AvgIpc) is 3.16. The van der Waals surface area contributed by atoms with Gasteiger partial charge in [0.05, 0.1) is 19.8 Å². The summed E-state index contributed by atoms with van der Waals surface area (Å²) >= 11 is 0. The first-order valence-corrected chi connectivity index (χ1v) is 7.83. The molecule has 3 aromatic rings. The first kappa shape index (κ1) is 17.5. The molecule has 134 valence electrons. The molecule has 0 radical (unpaired) electrons. The van der Waals surface area contributed by atoms with Gasteiger partial charge in [0.15, 0.2) is 11.5 Å². The summed E-state index contributed by atoms with van der Waals surface area (Å²) in [5.74, 6) is 0.558. The summed E-state index contributed by atoms with van der Waals surface area (Å²) in [5, 5.41) is 6.44. The lowest BCUT2D eigenvalue weighted by Crippen LogP contribution is -2.23. The van der Waals surface area contributed by atoms with Crippen LogP contribution in [0.4, 0.5) is 4.39 Å². The molecule has 0 atom stereocenters. The Morgan fingerprint density at radius 1 is 1.15 bits per heavy atom. The third-order valence-electron chi connectivity index (χ3n) is 3.82. The molecule has 6 nitrogen and oxygen atoms in total. The van der Waals surface area contributed by atoms with Crippen molar-refractivity contribution in [3.05, 3.63) is 65.6 Å². The van der Waals surface area contributed by atoms with Gasteiger partial charge in [-0.3, -0.25) is 4.79 Å². The zero-order chi connectivity index (χ0) is 18.5. The fourth-order valence-corrected chi connectivity index (χ4v) is 2.43. The molecule has 7 heteroatoms. The quantitative estimate of drug-likeness (QED) is 0.732. The highest BCUT2D eigenvalue weighted by Gasteiger charge is 2.16. The number of amides is 1. The van der Waals surface area contributed by atoms with E-state index >= 15 is 0 Å². The summed E-state index contributed by atoms with van der Waals surface area (Å²) < 4.78 is 29.3. The van der Waals surface area contributed by atoms with Gasteiger partial charge in [0.25, 0.3) is 5.91 Å². The second-order valence-corrected chi connectivity index (χ2v) is 5.42. The minimum absolute atomic E-state index is 0.0655. The third kappa shape index (κ3) is 3.66. The molecule has 0 saturated carbocycles. The molecular weight excluding hydrogens is 339 g/mol. The number of aromatic nitrogens is 1. The van der Waals surface area contributed by atoms with Crippen LogP contribution in [0.5, 0.6) is 11.5 Å². The van der Waals surface area contributed by atoms with Gasteiger partial charge < -0.3 is 19.3 Å². The molecule has 2 aromatic carbocycles. The zero-order valence-corrected chi connectivity index (χ0v) is 14.3. The van der Waals surface area contributed by atoms with Crippen LogP contribution in [0.15, 0.2) is 53.1 Å². The normalized spacial score (nSPS) is 10.4. The van der Waals surface area contributed by atoms with Crippen molar-refractivity contribution in [3.8, 4) is 22.8 Å². The fraction of sp³-hybridized carbons (Fsp3) is 0.158. The highest BCUT2D eigenvalue weighted by molar-refractivity contribution is 5.93. The Kier molecular flexibility index (Phi) is 5.17. The second-order valence-electron chi connectivity index (χ2n) is 5.42. The van der Waals surface area contributed by atoms with Gasteiger partial charge in [-0.2, -0.15) is 0 Å². The molecule has 1 aromatic heterocycles. The van der Waals surface area contributed by atoms with Crippen molar-refractivity contribution >= 4 is 5.91 Å². The largest absolute Gasteiger partial charge is 0.497 e. The first-order chi connectivity index (χ1) is 12.6. The van der Waals surface area contributed by atoms with Crippen LogP contribution in [0.25, 0.3) is 11.3 Å². The molecule has 0 aliphatic heterocycles. The number of benzene rings is 2. The SMILES string of the molecule is COc1ccc(CNC(=O)c2cc(-c3ccccc3F)on2)c(OC)c1. The van der Waals surface area contributed by atoms with Crippen LogP contribution in [-0.4, -0.2) is 25.3 Å². The van der Waals surface area contributed by atoms with E-state index in [1.165, 1.54) is 12.1 Å². The molecule has 1 amide bonds. The maximum atomic E-state index is 13.8. The van der Waals surface area contributed by atoms with Gasteiger partial charge in [-0.15, -0.1) is 0 Å². The Morgan fingerprint density at radius 2 is 1.96 bits per heavy atom. The van der Waals surface area contributed by atoms with Crippen molar-refractivity contribution in [1.82, 2.24) is 10.5 Å². The average molecular weight is 356 g/mol. The number of rotatable bonds is 6. The van der Waals surface area contributed by atoms with Crippen molar-refractivity contribution in [2.24, 2.45) is 0 Å². The maximum Gasteiger partial charge on any atom is 0.273 e. The molecule has 1 N–H and O–H groups in total. The van der Waals surface area contributed by atoms with Crippen molar-refractivity contribution in [1.29, 1.82) is 0 Å². The monoisotopic (exact) mass is 356 g/mol. The molecule has 0 aliphatic rings. The summed E-state index contributed by atoms with van der Waals surface area (Å²) in [6, 6.07) is 12.8. The van der Waals surface area contributed by atoms with E-state index in [4.69, 9.17) is 14.0 Å². The van der Waals surface area contributed by atoms with Crippen molar-refractivity contribution in [2.75, 3.05) is 14.2 Å². The minimum atomic E-state index is -0.446. The molecular formula is C19H17FN2O4. The van der Waals surface area contributed by atoms with Crippen LogP contribution < -0.4 is 14.8 Å². The number of nitrogens with one attached hydrogen (secondary N) is 1. The summed E-state index contributed by atoms with van der Waals surface area (Å²) in [7, 11) is 3.10. The van der Waals surface area contributed by atoms with Crippen molar-refractivity contribution < 1.29 is 23.2 Å². The summed E-state index contributed by atoms with van der Waals surface area (Å²) in [5.41, 5.74) is 1.09. The van der Waals surface area contributed by atoms with Crippen LogP contribution in [0, 0.1) is 5.82 Å². The standard InChI is InChI=1S/C19H17FN2O4/c1-24-13-8-7-12(17(9-13)25-2)11-21-19(23)16-10-18(26-22-16)14-5-3-4-6-15(14)20/h3-10H,11H2,1-2H3,(H,21,23). The van der Waals surface area contributed by atoms with Gasteiger partial charge in [-0.1, -0.05) is 17.3 Å². The van der Waals surface area contributed by atoms with E-state index in [1.807, 2.05) is 0 Å². The first-order valence-electron chi connectivity index (χ1n) is 7.83.